The lowest BCUT2D eigenvalue weighted by atomic mass is 10.0. The number of nitriles is 1. The lowest BCUT2D eigenvalue weighted by molar-refractivity contribution is -0.137. The van der Waals surface area contributed by atoms with Crippen LogP contribution in [-0.4, -0.2) is 9.97 Å². The first kappa shape index (κ1) is 16.5. The molecule has 0 radical (unpaired) electrons. The summed E-state index contributed by atoms with van der Waals surface area (Å²) in [6.07, 6.45) is -4.43. The van der Waals surface area contributed by atoms with Gasteiger partial charge < -0.3 is 5.73 Å². The summed E-state index contributed by atoms with van der Waals surface area (Å²) < 4.78 is 38.2. The van der Waals surface area contributed by atoms with Gasteiger partial charge in [-0.05, 0) is 12.1 Å². The Morgan fingerprint density at radius 2 is 1.52 bits per heavy atom. The molecule has 7 heteroatoms. The molecular formula is C18H11F3N4. The van der Waals surface area contributed by atoms with Crippen molar-refractivity contribution >= 4 is 5.82 Å². The van der Waals surface area contributed by atoms with E-state index in [4.69, 9.17) is 5.73 Å². The number of nitrogens with two attached hydrogens (primary N) is 1. The smallest absolute Gasteiger partial charge is 0.382 e. The van der Waals surface area contributed by atoms with Crippen LogP contribution < -0.4 is 5.73 Å². The van der Waals surface area contributed by atoms with Crippen LogP contribution in [0.25, 0.3) is 22.6 Å². The minimum Gasteiger partial charge on any atom is -0.382 e. The fourth-order valence-corrected chi connectivity index (χ4v) is 2.33. The highest BCUT2D eigenvalue weighted by Crippen LogP contribution is 2.32. The summed E-state index contributed by atoms with van der Waals surface area (Å²) in [5.41, 5.74) is 6.34. The van der Waals surface area contributed by atoms with Crippen molar-refractivity contribution in [3.05, 3.63) is 65.7 Å². The molecule has 3 aromatic rings. The maximum Gasteiger partial charge on any atom is 0.416 e. The minimum atomic E-state index is -4.43. The normalized spacial score (nSPS) is 11.1. The molecule has 0 aliphatic rings. The van der Waals surface area contributed by atoms with Gasteiger partial charge in [-0.1, -0.05) is 42.5 Å². The largest absolute Gasteiger partial charge is 0.416 e. The Morgan fingerprint density at radius 1 is 0.880 bits per heavy atom. The zero-order valence-electron chi connectivity index (χ0n) is 12.7. The minimum absolute atomic E-state index is 0.0220. The third-order valence-corrected chi connectivity index (χ3v) is 3.57. The van der Waals surface area contributed by atoms with Crippen molar-refractivity contribution in [2.24, 2.45) is 0 Å². The Hall–Kier alpha value is -3.40. The van der Waals surface area contributed by atoms with Crippen LogP contribution in [0.15, 0.2) is 54.6 Å². The van der Waals surface area contributed by atoms with E-state index >= 15 is 0 Å². The molecule has 0 saturated carbocycles. The predicted molar refractivity (Wildman–Crippen MR) is 87.0 cm³/mol. The number of hydrogen-bond acceptors (Lipinski definition) is 4. The molecule has 0 saturated heterocycles. The van der Waals surface area contributed by atoms with E-state index in [0.29, 0.717) is 17.0 Å². The molecule has 124 valence electrons. The highest BCUT2D eigenvalue weighted by molar-refractivity contribution is 5.75. The summed E-state index contributed by atoms with van der Waals surface area (Å²) in [6.45, 7) is 0. The van der Waals surface area contributed by atoms with Crippen LogP contribution in [0.5, 0.6) is 0 Å². The van der Waals surface area contributed by atoms with Gasteiger partial charge in [0.1, 0.15) is 17.5 Å². The van der Waals surface area contributed by atoms with Crippen molar-refractivity contribution in [2.45, 2.75) is 6.18 Å². The van der Waals surface area contributed by atoms with E-state index in [9.17, 15) is 18.4 Å². The summed E-state index contributed by atoms with van der Waals surface area (Å²) in [7, 11) is 0. The molecule has 2 aromatic carbocycles. The number of halogens is 3. The van der Waals surface area contributed by atoms with Crippen LogP contribution >= 0.6 is 0 Å². The predicted octanol–water partition coefficient (Wildman–Crippen LogP) is 4.28. The van der Waals surface area contributed by atoms with Crippen molar-refractivity contribution in [1.29, 1.82) is 5.26 Å². The molecule has 1 heterocycles. The summed E-state index contributed by atoms with van der Waals surface area (Å²) in [5.74, 6) is 0.276. The first-order chi connectivity index (χ1) is 11.9. The molecule has 0 unspecified atom stereocenters. The number of rotatable bonds is 2. The summed E-state index contributed by atoms with van der Waals surface area (Å²) >= 11 is 0. The second-order valence-corrected chi connectivity index (χ2v) is 5.21. The number of hydrogen-bond donors (Lipinski definition) is 1. The van der Waals surface area contributed by atoms with Gasteiger partial charge in [-0.3, -0.25) is 0 Å². The van der Waals surface area contributed by atoms with E-state index in [2.05, 4.69) is 9.97 Å². The molecule has 3 rings (SSSR count). The first-order valence-electron chi connectivity index (χ1n) is 7.21. The number of aromatic nitrogens is 2. The van der Waals surface area contributed by atoms with Gasteiger partial charge >= 0.3 is 6.18 Å². The van der Waals surface area contributed by atoms with Gasteiger partial charge in [0.2, 0.25) is 0 Å². The molecule has 25 heavy (non-hydrogen) atoms. The first-order valence-corrected chi connectivity index (χ1v) is 7.21. The average Bonchev–Trinajstić information content (AvgIpc) is 2.61. The van der Waals surface area contributed by atoms with Crippen LogP contribution in [0.3, 0.4) is 0 Å². The molecule has 0 aliphatic carbocycles. The number of anilines is 1. The van der Waals surface area contributed by atoms with Crippen LogP contribution in [0, 0.1) is 11.3 Å². The van der Waals surface area contributed by atoms with Crippen LogP contribution in [0.4, 0.5) is 19.0 Å². The van der Waals surface area contributed by atoms with Crippen molar-refractivity contribution in [3.8, 4) is 28.7 Å². The monoisotopic (exact) mass is 340 g/mol. The fourth-order valence-electron chi connectivity index (χ4n) is 2.33. The van der Waals surface area contributed by atoms with Gasteiger partial charge in [-0.15, -0.1) is 0 Å². The molecule has 2 N–H and O–H groups in total. The molecule has 0 spiro atoms. The third-order valence-electron chi connectivity index (χ3n) is 3.57. The van der Waals surface area contributed by atoms with Gasteiger partial charge in [-0.25, -0.2) is 9.97 Å². The van der Waals surface area contributed by atoms with Crippen LogP contribution in [0.1, 0.15) is 11.1 Å². The maximum absolute atomic E-state index is 12.7. The van der Waals surface area contributed by atoms with Gasteiger partial charge in [-0.2, -0.15) is 18.4 Å². The summed E-state index contributed by atoms with van der Waals surface area (Å²) in [6, 6.07) is 15.3. The third kappa shape index (κ3) is 3.28. The van der Waals surface area contributed by atoms with Crippen molar-refractivity contribution in [2.75, 3.05) is 5.73 Å². The van der Waals surface area contributed by atoms with E-state index in [1.54, 1.807) is 24.3 Å². The zero-order chi connectivity index (χ0) is 18.0. The fraction of sp³-hybridized carbons (Fsp3) is 0.0556. The van der Waals surface area contributed by atoms with E-state index < -0.39 is 11.7 Å². The van der Waals surface area contributed by atoms with Crippen molar-refractivity contribution < 1.29 is 13.2 Å². The topological polar surface area (TPSA) is 75.6 Å². The quantitative estimate of drug-likeness (QED) is 0.755. The van der Waals surface area contributed by atoms with Crippen molar-refractivity contribution in [3.63, 3.8) is 0 Å². The van der Waals surface area contributed by atoms with Gasteiger partial charge in [0.25, 0.3) is 0 Å². The highest BCUT2D eigenvalue weighted by Gasteiger charge is 2.30. The van der Waals surface area contributed by atoms with Crippen LogP contribution in [-0.2, 0) is 6.18 Å². The molecular weight excluding hydrogens is 329 g/mol. The molecule has 0 bridgehead atoms. The average molecular weight is 340 g/mol. The summed E-state index contributed by atoms with van der Waals surface area (Å²) in [4.78, 5) is 8.46. The molecule has 0 fully saturated rings. The maximum atomic E-state index is 12.7. The molecule has 0 aliphatic heterocycles. The number of nitrogen functional groups attached to an aromatic ring is 1. The Kier molecular flexibility index (Phi) is 4.11. The molecule has 1 aromatic heterocycles. The van der Waals surface area contributed by atoms with Gasteiger partial charge in [0, 0.05) is 11.1 Å². The Morgan fingerprint density at radius 3 is 2.08 bits per heavy atom. The van der Waals surface area contributed by atoms with Crippen LogP contribution in [0.2, 0.25) is 0 Å². The SMILES string of the molecule is N#Cc1c(N)nc(-c2ccccc2)nc1-c1ccc(C(F)(F)F)cc1. The van der Waals surface area contributed by atoms with Crippen molar-refractivity contribution in [1.82, 2.24) is 9.97 Å². The second kappa shape index (κ2) is 6.24. The Labute approximate surface area is 141 Å². The van der Waals surface area contributed by atoms with E-state index in [0.717, 1.165) is 12.1 Å². The summed E-state index contributed by atoms with van der Waals surface area (Å²) in [5, 5.41) is 9.32. The van der Waals surface area contributed by atoms with E-state index in [1.807, 2.05) is 12.1 Å². The molecule has 0 atom stereocenters. The second-order valence-electron chi connectivity index (χ2n) is 5.21. The van der Waals surface area contributed by atoms with Gasteiger partial charge in [0.05, 0.1) is 11.3 Å². The standard InChI is InChI=1S/C18H11F3N4/c19-18(20,21)13-8-6-11(7-9-13)15-14(10-22)16(23)25-17(24-15)12-4-2-1-3-5-12/h1-9H,(H2,23,24,25). The molecule has 0 amide bonds. The van der Waals surface area contributed by atoms with E-state index in [1.165, 1.54) is 12.1 Å². The molecule has 4 nitrogen and oxygen atoms in total. The lowest BCUT2D eigenvalue weighted by Crippen LogP contribution is -2.05. The number of benzene rings is 2. The number of nitrogens with zero attached hydrogens (tertiary/aromatic N) is 3. The Bertz CT molecular complexity index is 943. The van der Waals surface area contributed by atoms with Gasteiger partial charge in [0.15, 0.2) is 5.82 Å². The zero-order valence-corrected chi connectivity index (χ0v) is 12.7. The number of alkyl halides is 3. The van der Waals surface area contributed by atoms with E-state index in [-0.39, 0.29) is 17.1 Å². The highest BCUT2D eigenvalue weighted by atomic mass is 19.4. The lowest BCUT2D eigenvalue weighted by Gasteiger charge is -2.11. The Balaban J connectivity index is 2.15.